The lowest BCUT2D eigenvalue weighted by molar-refractivity contribution is 0.0602. The number of hydrogen-bond donors (Lipinski definition) is 1. The smallest absolute Gasteiger partial charge is 0.202 e. The Morgan fingerprint density at radius 2 is 2.18 bits per heavy atom. The van der Waals surface area contributed by atoms with Crippen molar-refractivity contribution in [2.24, 2.45) is 5.92 Å². The van der Waals surface area contributed by atoms with Crippen molar-refractivity contribution < 1.29 is 4.74 Å². The molecule has 0 bridgehead atoms. The zero-order valence-electron chi connectivity index (χ0n) is 10.6. The molecule has 0 amide bonds. The first-order valence-electron chi connectivity index (χ1n) is 6.50. The van der Waals surface area contributed by atoms with Crippen LogP contribution in [0.1, 0.15) is 38.9 Å². The SMILES string of the molecule is CCc1nsc(N[C@H](CC)C2CCOCC2)n1. The van der Waals surface area contributed by atoms with Crippen LogP contribution in [0, 0.1) is 5.92 Å². The Balaban J connectivity index is 1.93. The van der Waals surface area contributed by atoms with Crippen LogP contribution in [0.5, 0.6) is 0 Å². The maximum absolute atomic E-state index is 5.41. The van der Waals surface area contributed by atoms with Gasteiger partial charge >= 0.3 is 0 Å². The van der Waals surface area contributed by atoms with E-state index in [0.29, 0.717) is 12.0 Å². The Morgan fingerprint density at radius 1 is 1.41 bits per heavy atom. The summed E-state index contributed by atoms with van der Waals surface area (Å²) in [6.07, 6.45) is 4.35. The van der Waals surface area contributed by atoms with Crippen molar-refractivity contribution >= 4 is 16.7 Å². The molecular weight excluding hydrogens is 234 g/mol. The minimum Gasteiger partial charge on any atom is -0.381 e. The Hall–Kier alpha value is -0.680. The van der Waals surface area contributed by atoms with Crippen LogP contribution in [-0.2, 0) is 11.2 Å². The Bertz CT molecular complexity index is 336. The maximum atomic E-state index is 5.41. The lowest BCUT2D eigenvalue weighted by Crippen LogP contribution is -2.32. The van der Waals surface area contributed by atoms with Crippen molar-refractivity contribution in [3.05, 3.63) is 5.82 Å². The highest BCUT2D eigenvalue weighted by Crippen LogP contribution is 2.24. The summed E-state index contributed by atoms with van der Waals surface area (Å²) in [5, 5.41) is 4.51. The molecule has 1 aliphatic heterocycles. The number of nitrogens with one attached hydrogen (secondary N) is 1. The maximum Gasteiger partial charge on any atom is 0.202 e. The van der Waals surface area contributed by atoms with Crippen molar-refractivity contribution in [2.75, 3.05) is 18.5 Å². The summed E-state index contributed by atoms with van der Waals surface area (Å²) in [5.74, 6) is 1.65. The molecule has 0 aliphatic carbocycles. The Labute approximate surface area is 107 Å². The second-order valence-corrected chi connectivity index (χ2v) is 5.23. The van der Waals surface area contributed by atoms with Gasteiger partial charge in [0.05, 0.1) is 0 Å². The predicted molar refractivity (Wildman–Crippen MR) is 70.5 cm³/mol. The van der Waals surface area contributed by atoms with E-state index in [0.717, 1.165) is 49.9 Å². The van der Waals surface area contributed by atoms with Gasteiger partial charge < -0.3 is 10.1 Å². The molecule has 2 rings (SSSR count). The van der Waals surface area contributed by atoms with Gasteiger partial charge in [0.1, 0.15) is 5.82 Å². The normalized spacial score (nSPS) is 19.2. The van der Waals surface area contributed by atoms with Crippen LogP contribution < -0.4 is 5.32 Å². The van der Waals surface area contributed by atoms with Crippen molar-refractivity contribution in [3.8, 4) is 0 Å². The number of hydrogen-bond acceptors (Lipinski definition) is 5. The second-order valence-electron chi connectivity index (χ2n) is 4.48. The molecule has 0 saturated carbocycles. The molecule has 0 spiro atoms. The molecule has 5 heteroatoms. The first-order valence-corrected chi connectivity index (χ1v) is 7.27. The van der Waals surface area contributed by atoms with E-state index >= 15 is 0 Å². The van der Waals surface area contributed by atoms with E-state index in [4.69, 9.17) is 4.74 Å². The van der Waals surface area contributed by atoms with Crippen molar-refractivity contribution in [1.29, 1.82) is 0 Å². The number of rotatable bonds is 5. The van der Waals surface area contributed by atoms with Gasteiger partial charge in [-0.1, -0.05) is 13.8 Å². The molecule has 1 aliphatic rings. The average molecular weight is 255 g/mol. The number of nitrogens with zero attached hydrogens (tertiary/aromatic N) is 2. The van der Waals surface area contributed by atoms with Crippen molar-refractivity contribution in [3.63, 3.8) is 0 Å². The third-order valence-corrected chi connectivity index (χ3v) is 4.05. The minimum absolute atomic E-state index is 0.511. The fraction of sp³-hybridized carbons (Fsp3) is 0.833. The summed E-state index contributed by atoms with van der Waals surface area (Å²) in [7, 11) is 0. The molecule has 1 N–H and O–H groups in total. The highest BCUT2D eigenvalue weighted by molar-refractivity contribution is 7.09. The van der Waals surface area contributed by atoms with Gasteiger partial charge in [0, 0.05) is 37.2 Å². The number of anilines is 1. The fourth-order valence-corrected chi connectivity index (χ4v) is 3.00. The number of aryl methyl sites for hydroxylation is 1. The summed E-state index contributed by atoms with van der Waals surface area (Å²) in [5.41, 5.74) is 0. The summed E-state index contributed by atoms with van der Waals surface area (Å²) in [4.78, 5) is 4.48. The van der Waals surface area contributed by atoms with Crippen molar-refractivity contribution in [2.45, 2.75) is 45.6 Å². The van der Waals surface area contributed by atoms with Crippen LogP contribution in [0.2, 0.25) is 0 Å². The Kier molecular flexibility index (Phi) is 4.74. The molecule has 0 radical (unpaired) electrons. The molecule has 1 saturated heterocycles. The molecule has 1 fully saturated rings. The van der Waals surface area contributed by atoms with Gasteiger partial charge in [-0.15, -0.1) is 0 Å². The first-order chi connectivity index (χ1) is 8.33. The molecule has 96 valence electrons. The van der Waals surface area contributed by atoms with Gasteiger partial charge in [-0.3, -0.25) is 0 Å². The van der Waals surface area contributed by atoms with Crippen LogP contribution in [-0.4, -0.2) is 28.6 Å². The summed E-state index contributed by atoms with van der Waals surface area (Å²) in [6.45, 7) is 6.12. The molecule has 1 atom stereocenters. The topological polar surface area (TPSA) is 47.0 Å². The van der Waals surface area contributed by atoms with Gasteiger partial charge in [-0.25, -0.2) is 4.98 Å². The fourth-order valence-electron chi connectivity index (χ4n) is 2.29. The van der Waals surface area contributed by atoms with Gasteiger partial charge in [-0.05, 0) is 25.2 Å². The molecule has 2 heterocycles. The minimum atomic E-state index is 0.511. The zero-order valence-corrected chi connectivity index (χ0v) is 11.4. The van der Waals surface area contributed by atoms with Crippen LogP contribution in [0.3, 0.4) is 0 Å². The molecule has 17 heavy (non-hydrogen) atoms. The van der Waals surface area contributed by atoms with E-state index in [1.165, 1.54) is 11.5 Å². The highest BCUT2D eigenvalue weighted by atomic mass is 32.1. The first kappa shape index (κ1) is 12.8. The van der Waals surface area contributed by atoms with Crippen LogP contribution in [0.15, 0.2) is 0 Å². The lowest BCUT2D eigenvalue weighted by atomic mass is 9.90. The standard InChI is InChI=1S/C12H21N3OS/c1-3-10(9-5-7-16-8-6-9)13-12-14-11(4-2)15-17-12/h9-10H,3-8H2,1-2H3,(H,13,14,15)/t10-/m1/s1. The number of ether oxygens (including phenoxy) is 1. The molecular formula is C12H21N3OS. The van der Waals surface area contributed by atoms with Crippen LogP contribution in [0.4, 0.5) is 5.13 Å². The van der Waals surface area contributed by atoms with Crippen LogP contribution in [0.25, 0.3) is 0 Å². The van der Waals surface area contributed by atoms with E-state index in [1.54, 1.807) is 0 Å². The van der Waals surface area contributed by atoms with E-state index in [1.807, 2.05) is 0 Å². The average Bonchev–Trinajstić information content (AvgIpc) is 2.84. The highest BCUT2D eigenvalue weighted by Gasteiger charge is 2.23. The molecule has 4 nitrogen and oxygen atoms in total. The largest absolute Gasteiger partial charge is 0.381 e. The van der Waals surface area contributed by atoms with Gasteiger partial charge in [0.2, 0.25) is 5.13 Å². The predicted octanol–water partition coefficient (Wildman–Crippen LogP) is 2.72. The molecule has 0 aromatic carbocycles. The third kappa shape index (κ3) is 3.39. The van der Waals surface area contributed by atoms with Gasteiger partial charge in [0.25, 0.3) is 0 Å². The van der Waals surface area contributed by atoms with E-state index in [9.17, 15) is 0 Å². The molecule has 1 aromatic heterocycles. The quantitative estimate of drug-likeness (QED) is 0.879. The monoisotopic (exact) mass is 255 g/mol. The summed E-state index contributed by atoms with van der Waals surface area (Å²) < 4.78 is 9.72. The zero-order chi connectivity index (χ0) is 12.1. The van der Waals surface area contributed by atoms with E-state index < -0.39 is 0 Å². The van der Waals surface area contributed by atoms with E-state index in [2.05, 4.69) is 28.5 Å². The van der Waals surface area contributed by atoms with E-state index in [-0.39, 0.29) is 0 Å². The number of aromatic nitrogens is 2. The van der Waals surface area contributed by atoms with Crippen LogP contribution >= 0.6 is 11.5 Å². The summed E-state index contributed by atoms with van der Waals surface area (Å²) in [6, 6.07) is 0.511. The third-order valence-electron chi connectivity index (χ3n) is 3.37. The van der Waals surface area contributed by atoms with Crippen molar-refractivity contribution in [1.82, 2.24) is 9.36 Å². The van der Waals surface area contributed by atoms with Gasteiger partial charge in [-0.2, -0.15) is 4.37 Å². The lowest BCUT2D eigenvalue weighted by Gasteiger charge is -2.30. The summed E-state index contributed by atoms with van der Waals surface area (Å²) >= 11 is 1.48. The molecule has 0 unspecified atom stereocenters. The van der Waals surface area contributed by atoms with Gasteiger partial charge in [0.15, 0.2) is 0 Å². The molecule has 1 aromatic rings. The Morgan fingerprint density at radius 3 is 2.76 bits per heavy atom. The second kappa shape index (κ2) is 6.31.